The smallest absolute Gasteiger partial charge is 0.334 e. The number of aryl methyl sites for hydroxylation is 1. The molecule has 0 atom stereocenters. The van der Waals surface area contributed by atoms with E-state index in [1.165, 1.54) is 0 Å². The highest BCUT2D eigenvalue weighted by atomic mass is 16.2. The highest BCUT2D eigenvalue weighted by molar-refractivity contribution is 6.05. The van der Waals surface area contributed by atoms with Crippen molar-refractivity contribution in [1.82, 2.24) is 19.4 Å². The van der Waals surface area contributed by atoms with Gasteiger partial charge in [0.2, 0.25) is 0 Å². The van der Waals surface area contributed by atoms with Crippen molar-refractivity contribution in [2.24, 2.45) is 0 Å². The van der Waals surface area contributed by atoms with Crippen molar-refractivity contribution in [2.75, 3.05) is 31.1 Å². The van der Waals surface area contributed by atoms with Gasteiger partial charge in [0.05, 0.1) is 16.6 Å². The van der Waals surface area contributed by atoms with Crippen LogP contribution in [0.1, 0.15) is 16.1 Å². The molecule has 8 nitrogen and oxygen atoms in total. The van der Waals surface area contributed by atoms with Crippen molar-refractivity contribution in [3.8, 4) is 5.69 Å². The molecule has 2 aromatic heterocycles. The number of H-pyrrole nitrogens is 1. The monoisotopic (exact) mass is 441 g/mol. The molecule has 166 valence electrons. The predicted octanol–water partition coefficient (Wildman–Crippen LogP) is 2.34. The molecule has 0 unspecified atom stereocenters. The Hall–Kier alpha value is -4.20. The van der Waals surface area contributed by atoms with Crippen LogP contribution >= 0.6 is 0 Å². The maximum absolute atomic E-state index is 13.5. The van der Waals surface area contributed by atoms with E-state index in [0.717, 1.165) is 10.3 Å². The fraction of sp³-hybridized carbons (Fsp3) is 0.200. The Bertz CT molecular complexity index is 1440. The number of hydrogen-bond donors (Lipinski definition) is 1. The molecule has 0 spiro atoms. The number of nitrogens with zero attached hydrogens (tertiary/aromatic N) is 4. The Balaban J connectivity index is 1.53. The standard InChI is InChI=1S/C25H23N5O3/c1-17-16-20(23(31)29-14-12-28(13-15-29)18-8-4-2-5-9-18)21-22(26-17)27-25(33)30(24(21)32)19-10-6-3-7-11-19/h2-11,16H,12-15H2,1H3,(H,26,27,33). The van der Waals surface area contributed by atoms with E-state index >= 15 is 0 Å². The molecule has 0 radical (unpaired) electrons. The SMILES string of the molecule is Cc1cc(C(=O)N2CCN(c3ccccc3)CC2)c2c(=O)n(-c3ccccc3)c(=O)[nH]c2n1. The first-order chi connectivity index (χ1) is 16.0. The topological polar surface area (TPSA) is 91.3 Å². The number of fused-ring (bicyclic) bond motifs is 1. The average Bonchev–Trinajstić information content (AvgIpc) is 2.84. The van der Waals surface area contributed by atoms with Gasteiger partial charge in [-0.05, 0) is 37.3 Å². The number of nitrogens with one attached hydrogen (secondary N) is 1. The van der Waals surface area contributed by atoms with Crippen LogP contribution in [0.2, 0.25) is 0 Å². The van der Waals surface area contributed by atoms with Crippen LogP contribution in [-0.2, 0) is 0 Å². The van der Waals surface area contributed by atoms with Crippen molar-refractivity contribution in [1.29, 1.82) is 0 Å². The molecule has 2 aromatic carbocycles. The summed E-state index contributed by atoms with van der Waals surface area (Å²) in [4.78, 5) is 50.6. The van der Waals surface area contributed by atoms with Gasteiger partial charge >= 0.3 is 5.69 Å². The second-order valence-corrected chi connectivity index (χ2v) is 8.06. The number of aromatic amines is 1. The maximum Gasteiger partial charge on any atom is 0.334 e. The van der Waals surface area contributed by atoms with Crippen LogP contribution < -0.4 is 16.1 Å². The zero-order valence-electron chi connectivity index (χ0n) is 18.2. The molecule has 1 aliphatic heterocycles. The average molecular weight is 441 g/mol. The van der Waals surface area contributed by atoms with E-state index < -0.39 is 11.2 Å². The molecule has 1 N–H and O–H groups in total. The van der Waals surface area contributed by atoms with Crippen LogP contribution in [0, 0.1) is 6.92 Å². The number of pyridine rings is 1. The van der Waals surface area contributed by atoms with Gasteiger partial charge in [-0.3, -0.25) is 14.6 Å². The van der Waals surface area contributed by atoms with Crippen LogP contribution in [0.25, 0.3) is 16.7 Å². The van der Waals surface area contributed by atoms with Crippen molar-refractivity contribution in [3.05, 3.63) is 98.8 Å². The number of aromatic nitrogens is 3. The third-order valence-electron chi connectivity index (χ3n) is 5.93. The van der Waals surface area contributed by atoms with Crippen molar-refractivity contribution >= 4 is 22.6 Å². The molecule has 8 heteroatoms. The van der Waals surface area contributed by atoms with E-state index in [9.17, 15) is 14.4 Å². The Kier molecular flexibility index (Phi) is 5.26. The summed E-state index contributed by atoms with van der Waals surface area (Å²) in [5.41, 5.74) is 1.35. The first kappa shape index (κ1) is 20.7. The summed E-state index contributed by atoms with van der Waals surface area (Å²) in [6.07, 6.45) is 0. The lowest BCUT2D eigenvalue weighted by atomic mass is 10.1. The quantitative estimate of drug-likeness (QED) is 0.527. The minimum Gasteiger partial charge on any atom is -0.368 e. The normalized spacial score (nSPS) is 14.0. The van der Waals surface area contributed by atoms with E-state index in [1.807, 2.05) is 18.2 Å². The summed E-state index contributed by atoms with van der Waals surface area (Å²) in [5.74, 6) is -0.234. The lowest BCUT2D eigenvalue weighted by Gasteiger charge is -2.36. The van der Waals surface area contributed by atoms with E-state index in [4.69, 9.17) is 0 Å². The van der Waals surface area contributed by atoms with Crippen LogP contribution in [0.15, 0.2) is 76.3 Å². The lowest BCUT2D eigenvalue weighted by Crippen LogP contribution is -2.49. The number of benzene rings is 2. The lowest BCUT2D eigenvalue weighted by molar-refractivity contribution is 0.0748. The molecule has 1 fully saturated rings. The van der Waals surface area contributed by atoms with Crippen LogP contribution in [0.4, 0.5) is 5.69 Å². The Morgan fingerprint density at radius 1 is 0.879 bits per heavy atom. The minimum atomic E-state index is -0.591. The first-order valence-electron chi connectivity index (χ1n) is 10.8. The van der Waals surface area contributed by atoms with Crippen LogP contribution in [0.5, 0.6) is 0 Å². The second-order valence-electron chi connectivity index (χ2n) is 8.06. The minimum absolute atomic E-state index is 0.125. The van der Waals surface area contributed by atoms with Crippen LogP contribution in [0.3, 0.4) is 0 Å². The summed E-state index contributed by atoms with van der Waals surface area (Å²) in [7, 11) is 0. The number of hydrogen-bond acceptors (Lipinski definition) is 5. The van der Waals surface area contributed by atoms with Gasteiger partial charge in [-0.25, -0.2) is 14.3 Å². The van der Waals surface area contributed by atoms with Gasteiger partial charge in [0.25, 0.3) is 11.5 Å². The second kappa shape index (κ2) is 8.38. The summed E-state index contributed by atoms with van der Waals surface area (Å²) < 4.78 is 1.05. The molecule has 5 rings (SSSR count). The van der Waals surface area contributed by atoms with Gasteiger partial charge in [0.1, 0.15) is 5.65 Å². The fourth-order valence-corrected chi connectivity index (χ4v) is 4.30. The molecular formula is C25H23N5O3. The van der Waals surface area contributed by atoms with Gasteiger partial charge in [-0.2, -0.15) is 0 Å². The summed E-state index contributed by atoms with van der Waals surface area (Å²) >= 11 is 0. The highest BCUT2D eigenvalue weighted by Gasteiger charge is 2.26. The van der Waals surface area contributed by atoms with E-state index in [0.29, 0.717) is 37.6 Å². The molecule has 1 saturated heterocycles. The molecular weight excluding hydrogens is 418 g/mol. The maximum atomic E-state index is 13.5. The Labute approximate surface area is 189 Å². The number of carbonyl (C=O) groups excluding carboxylic acids is 1. The van der Waals surface area contributed by atoms with Gasteiger partial charge < -0.3 is 9.80 Å². The molecule has 1 aliphatic rings. The number of carbonyl (C=O) groups is 1. The third-order valence-corrected chi connectivity index (χ3v) is 5.93. The number of para-hydroxylation sites is 2. The molecule has 33 heavy (non-hydrogen) atoms. The first-order valence-corrected chi connectivity index (χ1v) is 10.8. The largest absolute Gasteiger partial charge is 0.368 e. The molecule has 1 amide bonds. The highest BCUT2D eigenvalue weighted by Crippen LogP contribution is 2.19. The van der Waals surface area contributed by atoms with Gasteiger partial charge in [-0.15, -0.1) is 0 Å². The van der Waals surface area contributed by atoms with Gasteiger partial charge in [-0.1, -0.05) is 36.4 Å². The third kappa shape index (κ3) is 3.80. The Morgan fingerprint density at radius 3 is 2.12 bits per heavy atom. The van der Waals surface area contributed by atoms with Crippen molar-refractivity contribution < 1.29 is 4.79 Å². The summed E-state index contributed by atoms with van der Waals surface area (Å²) in [6.45, 7) is 4.20. The molecule has 4 aromatic rings. The summed E-state index contributed by atoms with van der Waals surface area (Å²) in [6, 6.07) is 20.4. The predicted molar refractivity (Wildman–Crippen MR) is 127 cm³/mol. The van der Waals surface area contributed by atoms with E-state index in [1.54, 1.807) is 48.2 Å². The van der Waals surface area contributed by atoms with Gasteiger partial charge in [0, 0.05) is 37.6 Å². The number of amides is 1. The molecule has 0 aliphatic carbocycles. The number of rotatable bonds is 3. The summed E-state index contributed by atoms with van der Waals surface area (Å²) in [5, 5.41) is 0.125. The molecule has 0 saturated carbocycles. The molecule has 0 bridgehead atoms. The zero-order chi connectivity index (χ0) is 22.9. The number of piperazine rings is 1. The number of anilines is 1. The fourth-order valence-electron chi connectivity index (χ4n) is 4.30. The van der Waals surface area contributed by atoms with Crippen molar-refractivity contribution in [3.63, 3.8) is 0 Å². The van der Waals surface area contributed by atoms with E-state index in [-0.39, 0.29) is 22.5 Å². The van der Waals surface area contributed by atoms with E-state index in [2.05, 4.69) is 27.0 Å². The van der Waals surface area contributed by atoms with Gasteiger partial charge in [0.15, 0.2) is 0 Å². The molecule has 3 heterocycles. The zero-order valence-corrected chi connectivity index (χ0v) is 18.2. The van der Waals surface area contributed by atoms with Crippen molar-refractivity contribution in [2.45, 2.75) is 6.92 Å². The Morgan fingerprint density at radius 2 is 1.48 bits per heavy atom. The van der Waals surface area contributed by atoms with Crippen LogP contribution in [-0.4, -0.2) is 51.5 Å².